The molecule has 0 bridgehead atoms. The molecule has 1 atom stereocenters. The molecule has 2 aromatic carbocycles. The highest BCUT2D eigenvalue weighted by molar-refractivity contribution is 5.82. The Bertz CT molecular complexity index is 1210. The number of nitrogens with zero attached hydrogens (tertiary/aromatic N) is 4. The van der Waals surface area contributed by atoms with Crippen LogP contribution in [0.25, 0.3) is 10.9 Å². The number of pyridine rings is 1. The lowest BCUT2D eigenvalue weighted by Gasteiger charge is -2.27. The van der Waals surface area contributed by atoms with E-state index in [1.165, 1.54) is 22.5 Å². The van der Waals surface area contributed by atoms with Gasteiger partial charge in [0.05, 0.1) is 23.7 Å². The predicted octanol–water partition coefficient (Wildman–Crippen LogP) is 4.68. The second kappa shape index (κ2) is 8.22. The van der Waals surface area contributed by atoms with Crippen molar-refractivity contribution >= 4 is 22.3 Å². The molecule has 6 heteroatoms. The van der Waals surface area contributed by atoms with Crippen LogP contribution in [0.15, 0.2) is 67.0 Å². The van der Waals surface area contributed by atoms with Crippen LogP contribution in [0.3, 0.4) is 0 Å². The summed E-state index contributed by atoms with van der Waals surface area (Å²) in [7, 11) is 2.10. The first-order chi connectivity index (χ1) is 15.2. The molecular formula is C25H24N4O2. The number of rotatable bonds is 5. The third-order valence-corrected chi connectivity index (χ3v) is 5.96. The van der Waals surface area contributed by atoms with Crippen molar-refractivity contribution in [3.05, 3.63) is 78.1 Å². The van der Waals surface area contributed by atoms with Crippen LogP contribution in [0, 0.1) is 5.92 Å². The van der Waals surface area contributed by atoms with E-state index in [4.69, 9.17) is 4.74 Å². The van der Waals surface area contributed by atoms with E-state index in [9.17, 15) is 5.11 Å². The van der Waals surface area contributed by atoms with Crippen LogP contribution < -0.4 is 9.64 Å². The summed E-state index contributed by atoms with van der Waals surface area (Å²) in [6.07, 6.45) is 6.25. The number of aromatic nitrogens is 3. The summed E-state index contributed by atoms with van der Waals surface area (Å²) in [6.45, 7) is 0.517. The molecule has 1 N–H and O–H groups in total. The first-order valence-electron chi connectivity index (χ1n) is 10.5. The second-order valence-electron chi connectivity index (χ2n) is 7.99. The summed E-state index contributed by atoms with van der Waals surface area (Å²) < 4.78 is 5.88. The quantitative estimate of drug-likeness (QED) is 0.513. The lowest BCUT2D eigenvalue weighted by Crippen LogP contribution is -2.22. The Balaban J connectivity index is 1.29. The number of aromatic hydroxyl groups is 1. The van der Waals surface area contributed by atoms with E-state index in [0.717, 1.165) is 19.3 Å². The number of benzene rings is 2. The zero-order chi connectivity index (χ0) is 21.2. The average Bonchev–Trinajstić information content (AvgIpc) is 2.82. The Morgan fingerprint density at radius 3 is 2.77 bits per heavy atom. The van der Waals surface area contributed by atoms with E-state index < -0.39 is 0 Å². The molecule has 0 saturated carbocycles. The van der Waals surface area contributed by atoms with Crippen LogP contribution in [0.4, 0.5) is 11.4 Å². The van der Waals surface area contributed by atoms with Crippen molar-refractivity contribution in [1.82, 2.24) is 15.0 Å². The van der Waals surface area contributed by atoms with Crippen molar-refractivity contribution in [2.45, 2.75) is 19.3 Å². The van der Waals surface area contributed by atoms with Crippen molar-refractivity contribution in [2.24, 2.45) is 5.92 Å². The standard InChI is InChI=1S/C25H24N4O2/c1-29(20-5-3-2-4-6-20)21-10-9-18-8-7-17(13-19(18)14-21)16-31-25-27-23-15-26-12-11-22(23)24(30)28-25/h2-6,9-12,14-15,17H,7-8,13,16H2,1H3,(H,27,28,30). The Morgan fingerprint density at radius 2 is 1.90 bits per heavy atom. The maximum atomic E-state index is 10.1. The van der Waals surface area contributed by atoms with Crippen LogP contribution in [-0.2, 0) is 12.8 Å². The maximum Gasteiger partial charge on any atom is 0.320 e. The van der Waals surface area contributed by atoms with Crippen LogP contribution in [0.1, 0.15) is 17.5 Å². The molecule has 1 aliphatic carbocycles. The summed E-state index contributed by atoms with van der Waals surface area (Å²) in [5, 5.41) is 10.7. The number of fused-ring (bicyclic) bond motifs is 2. The normalized spacial score (nSPS) is 15.5. The molecule has 0 saturated heterocycles. The summed E-state index contributed by atoms with van der Waals surface area (Å²) in [5.74, 6) is 0.296. The van der Waals surface area contributed by atoms with Crippen molar-refractivity contribution in [2.75, 3.05) is 18.6 Å². The van der Waals surface area contributed by atoms with Crippen molar-refractivity contribution < 1.29 is 9.84 Å². The molecule has 1 aliphatic rings. The SMILES string of the molecule is CN(c1ccccc1)c1ccc2c(c1)CC(COc1nc(O)c3ccncc3n1)CC2. The fraction of sp³-hybridized carbons (Fsp3) is 0.240. The molecule has 5 rings (SSSR count). The molecule has 6 nitrogen and oxygen atoms in total. The minimum absolute atomic E-state index is 0.0787. The van der Waals surface area contributed by atoms with E-state index >= 15 is 0 Å². The van der Waals surface area contributed by atoms with Gasteiger partial charge in [-0.25, -0.2) is 0 Å². The zero-order valence-electron chi connectivity index (χ0n) is 17.4. The molecule has 2 aromatic heterocycles. The van der Waals surface area contributed by atoms with E-state index in [0.29, 0.717) is 23.4 Å². The minimum Gasteiger partial charge on any atom is -0.493 e. The Morgan fingerprint density at radius 1 is 1.03 bits per heavy atom. The van der Waals surface area contributed by atoms with E-state index in [1.54, 1.807) is 18.5 Å². The summed E-state index contributed by atoms with van der Waals surface area (Å²) in [4.78, 5) is 14.7. The molecule has 2 heterocycles. The van der Waals surface area contributed by atoms with E-state index in [1.807, 2.05) is 6.07 Å². The largest absolute Gasteiger partial charge is 0.493 e. The van der Waals surface area contributed by atoms with Crippen LogP contribution in [0.5, 0.6) is 11.9 Å². The van der Waals surface area contributed by atoms with Gasteiger partial charge in [0.25, 0.3) is 0 Å². The van der Waals surface area contributed by atoms with E-state index in [-0.39, 0.29) is 11.9 Å². The molecule has 0 radical (unpaired) electrons. The molecule has 31 heavy (non-hydrogen) atoms. The van der Waals surface area contributed by atoms with Crippen molar-refractivity contribution in [3.8, 4) is 11.9 Å². The Labute approximate surface area is 181 Å². The predicted molar refractivity (Wildman–Crippen MR) is 121 cm³/mol. The monoisotopic (exact) mass is 412 g/mol. The molecule has 0 aliphatic heterocycles. The van der Waals surface area contributed by atoms with Gasteiger partial charge in [-0.15, -0.1) is 0 Å². The third kappa shape index (κ3) is 4.01. The van der Waals surface area contributed by atoms with E-state index in [2.05, 4.69) is 69.4 Å². The van der Waals surface area contributed by atoms with Gasteiger partial charge < -0.3 is 14.7 Å². The first-order valence-corrected chi connectivity index (χ1v) is 10.5. The molecule has 4 aromatic rings. The van der Waals surface area contributed by atoms with Gasteiger partial charge in [0, 0.05) is 24.6 Å². The van der Waals surface area contributed by atoms with Gasteiger partial charge in [-0.1, -0.05) is 24.3 Å². The van der Waals surface area contributed by atoms with Crippen LogP contribution >= 0.6 is 0 Å². The highest BCUT2D eigenvalue weighted by Crippen LogP contribution is 2.32. The van der Waals surface area contributed by atoms with Gasteiger partial charge >= 0.3 is 6.01 Å². The number of para-hydroxylation sites is 1. The fourth-order valence-electron chi connectivity index (χ4n) is 4.17. The Hall–Kier alpha value is -3.67. The summed E-state index contributed by atoms with van der Waals surface area (Å²) in [5.41, 5.74) is 5.70. The molecule has 1 unspecified atom stereocenters. The summed E-state index contributed by atoms with van der Waals surface area (Å²) in [6, 6.07) is 19.0. The molecule has 0 amide bonds. The van der Waals surface area contributed by atoms with Gasteiger partial charge in [-0.05, 0) is 66.6 Å². The minimum atomic E-state index is -0.0787. The highest BCUT2D eigenvalue weighted by Gasteiger charge is 2.21. The zero-order valence-corrected chi connectivity index (χ0v) is 17.4. The van der Waals surface area contributed by atoms with Crippen molar-refractivity contribution in [3.63, 3.8) is 0 Å². The maximum absolute atomic E-state index is 10.1. The number of anilines is 2. The van der Waals surface area contributed by atoms with Crippen molar-refractivity contribution in [1.29, 1.82) is 0 Å². The highest BCUT2D eigenvalue weighted by atomic mass is 16.5. The third-order valence-electron chi connectivity index (χ3n) is 5.96. The number of aryl methyl sites for hydroxylation is 1. The molecule has 0 spiro atoms. The topological polar surface area (TPSA) is 71.4 Å². The fourth-order valence-corrected chi connectivity index (χ4v) is 4.17. The number of hydrogen-bond donors (Lipinski definition) is 1. The average molecular weight is 412 g/mol. The van der Waals surface area contributed by atoms with Crippen LogP contribution in [0.2, 0.25) is 0 Å². The molecule has 156 valence electrons. The van der Waals surface area contributed by atoms with Gasteiger partial charge in [0.1, 0.15) is 0 Å². The second-order valence-corrected chi connectivity index (χ2v) is 7.99. The Kier molecular flexibility index (Phi) is 5.12. The van der Waals surface area contributed by atoms with Crippen LogP contribution in [-0.4, -0.2) is 33.7 Å². The lowest BCUT2D eigenvalue weighted by molar-refractivity contribution is 0.217. The summed E-state index contributed by atoms with van der Waals surface area (Å²) >= 11 is 0. The van der Waals surface area contributed by atoms with Gasteiger partial charge in [-0.2, -0.15) is 9.97 Å². The molecular weight excluding hydrogens is 388 g/mol. The van der Waals surface area contributed by atoms with Gasteiger partial charge in [0.15, 0.2) is 0 Å². The van der Waals surface area contributed by atoms with Gasteiger partial charge in [-0.3, -0.25) is 4.98 Å². The smallest absolute Gasteiger partial charge is 0.320 e. The van der Waals surface area contributed by atoms with Gasteiger partial charge in [0.2, 0.25) is 5.88 Å². The number of hydrogen-bond acceptors (Lipinski definition) is 6. The lowest BCUT2D eigenvalue weighted by atomic mass is 9.84. The first kappa shape index (κ1) is 19.3. The molecule has 0 fully saturated rings. The number of ether oxygens (including phenoxy) is 1.